The van der Waals surface area contributed by atoms with E-state index in [-0.39, 0.29) is 30.0 Å². The number of carbonyl (C=O) groups is 3. The number of aromatic nitrogens is 2. The molecule has 3 aromatic rings. The van der Waals surface area contributed by atoms with Gasteiger partial charge in [-0.2, -0.15) is 0 Å². The van der Waals surface area contributed by atoms with Crippen LogP contribution in [0.25, 0.3) is 10.2 Å². The average molecular weight is 534 g/mol. The Morgan fingerprint density at radius 1 is 1.19 bits per heavy atom. The fraction of sp³-hybridized carbons (Fsp3) is 0.458. The number of amides is 1. The number of hydrogen-bond donors (Lipinski definition) is 1. The van der Waals surface area contributed by atoms with E-state index in [9.17, 15) is 19.2 Å². The van der Waals surface area contributed by atoms with Crippen LogP contribution in [0.2, 0.25) is 0 Å². The molecule has 0 aromatic carbocycles. The van der Waals surface area contributed by atoms with Gasteiger partial charge < -0.3 is 19.5 Å². The minimum absolute atomic E-state index is 0.0967. The number of carbonyl (C=O) groups excluding carboxylic acids is 3. The molecule has 0 saturated carbocycles. The van der Waals surface area contributed by atoms with Gasteiger partial charge in [0, 0.05) is 12.0 Å². The summed E-state index contributed by atoms with van der Waals surface area (Å²) in [4.78, 5) is 57.0. The van der Waals surface area contributed by atoms with Crippen LogP contribution in [-0.4, -0.2) is 54.8 Å². The third kappa shape index (κ3) is 5.06. The van der Waals surface area contributed by atoms with Crippen LogP contribution < -0.4 is 10.9 Å². The van der Waals surface area contributed by atoms with Gasteiger partial charge in [0.15, 0.2) is 0 Å². The quantitative estimate of drug-likeness (QED) is 0.346. The van der Waals surface area contributed by atoms with Crippen molar-refractivity contribution < 1.29 is 28.6 Å². The van der Waals surface area contributed by atoms with E-state index in [2.05, 4.69) is 17.2 Å². The topological polar surface area (TPSA) is 126 Å². The SMILES string of the molecule is COCCOC(=O)c1sc2ncn(CC(=O)Nc3sc4c(c3C(=O)OC)CCC(C)C4)c(=O)c2c1C. The number of anilines is 1. The molecule has 1 atom stereocenters. The standard InChI is InChI=1S/C24H27N3O7S2/c1-12-5-6-14-15(9-12)35-21(18(14)23(30)33-4)26-16(28)10-27-11-25-20-17(22(27)29)13(2)19(36-20)24(31)34-8-7-32-3/h11-12H,5-10H2,1-4H3,(H,26,28). The Hall–Kier alpha value is -3.09. The molecule has 1 aliphatic carbocycles. The van der Waals surface area contributed by atoms with Gasteiger partial charge in [-0.1, -0.05) is 6.92 Å². The van der Waals surface area contributed by atoms with E-state index in [1.54, 1.807) is 6.92 Å². The maximum atomic E-state index is 13.2. The van der Waals surface area contributed by atoms with E-state index in [0.717, 1.165) is 41.0 Å². The highest BCUT2D eigenvalue weighted by molar-refractivity contribution is 7.20. The van der Waals surface area contributed by atoms with Crippen molar-refractivity contribution in [3.63, 3.8) is 0 Å². The maximum Gasteiger partial charge on any atom is 0.348 e. The van der Waals surface area contributed by atoms with Crippen molar-refractivity contribution in [2.45, 2.75) is 39.7 Å². The molecule has 1 unspecified atom stereocenters. The first-order valence-corrected chi connectivity index (χ1v) is 13.1. The number of methoxy groups -OCH3 is 2. The van der Waals surface area contributed by atoms with E-state index >= 15 is 0 Å². The summed E-state index contributed by atoms with van der Waals surface area (Å²) in [5, 5.41) is 3.50. The smallest absolute Gasteiger partial charge is 0.348 e. The van der Waals surface area contributed by atoms with Crippen LogP contribution in [0.15, 0.2) is 11.1 Å². The number of rotatable bonds is 8. The molecule has 0 aliphatic heterocycles. The van der Waals surface area contributed by atoms with Crippen molar-refractivity contribution in [3.8, 4) is 0 Å². The number of hydrogen-bond acceptors (Lipinski definition) is 10. The van der Waals surface area contributed by atoms with Crippen LogP contribution in [0, 0.1) is 12.8 Å². The van der Waals surface area contributed by atoms with Gasteiger partial charge >= 0.3 is 11.9 Å². The molecule has 1 amide bonds. The summed E-state index contributed by atoms with van der Waals surface area (Å²) < 4.78 is 16.2. The molecular weight excluding hydrogens is 506 g/mol. The van der Waals surface area contributed by atoms with E-state index in [1.807, 2.05) is 0 Å². The van der Waals surface area contributed by atoms with Gasteiger partial charge in [-0.05, 0) is 43.2 Å². The fourth-order valence-electron chi connectivity index (χ4n) is 4.23. The number of fused-ring (bicyclic) bond motifs is 2. The van der Waals surface area contributed by atoms with Crippen LogP contribution in [-0.2, 0) is 38.4 Å². The van der Waals surface area contributed by atoms with Gasteiger partial charge in [0.1, 0.15) is 27.9 Å². The summed E-state index contributed by atoms with van der Waals surface area (Å²) in [6.45, 7) is 3.87. The summed E-state index contributed by atoms with van der Waals surface area (Å²) in [6.07, 6.45) is 3.83. The number of nitrogens with zero attached hydrogens (tertiary/aromatic N) is 2. The summed E-state index contributed by atoms with van der Waals surface area (Å²) >= 11 is 2.44. The Bertz CT molecular complexity index is 1390. The third-order valence-corrected chi connectivity index (χ3v) is 8.44. The Kier molecular flexibility index (Phi) is 7.86. The third-order valence-electron chi connectivity index (χ3n) is 6.09. The van der Waals surface area contributed by atoms with Crippen LogP contribution >= 0.6 is 22.7 Å². The number of ether oxygens (including phenoxy) is 3. The van der Waals surface area contributed by atoms with E-state index in [0.29, 0.717) is 26.9 Å². The van der Waals surface area contributed by atoms with Crippen molar-refractivity contribution in [1.29, 1.82) is 0 Å². The first kappa shape index (κ1) is 26.0. The summed E-state index contributed by atoms with van der Waals surface area (Å²) in [5.41, 5.74) is 1.34. The lowest BCUT2D eigenvalue weighted by atomic mass is 9.88. The lowest BCUT2D eigenvalue weighted by Crippen LogP contribution is -2.28. The van der Waals surface area contributed by atoms with Crippen LogP contribution in [0.4, 0.5) is 5.00 Å². The molecule has 12 heteroatoms. The van der Waals surface area contributed by atoms with Gasteiger partial charge in [-0.15, -0.1) is 22.7 Å². The van der Waals surface area contributed by atoms with E-state index < -0.39 is 23.4 Å². The minimum Gasteiger partial charge on any atom is -0.465 e. The van der Waals surface area contributed by atoms with E-state index in [1.165, 1.54) is 36.5 Å². The van der Waals surface area contributed by atoms with Crippen LogP contribution in [0.3, 0.4) is 0 Å². The monoisotopic (exact) mass is 533 g/mol. The second-order valence-electron chi connectivity index (χ2n) is 8.64. The number of esters is 2. The molecule has 1 aliphatic rings. The number of thiophene rings is 2. The Labute approximate surface area is 215 Å². The Morgan fingerprint density at radius 2 is 1.97 bits per heavy atom. The first-order valence-electron chi connectivity index (χ1n) is 11.4. The molecule has 36 heavy (non-hydrogen) atoms. The summed E-state index contributed by atoms with van der Waals surface area (Å²) in [6, 6.07) is 0. The summed E-state index contributed by atoms with van der Waals surface area (Å²) in [5.74, 6) is -1.02. The fourth-order valence-corrected chi connectivity index (χ4v) is 6.68. The zero-order valence-electron chi connectivity index (χ0n) is 20.5. The van der Waals surface area contributed by atoms with Crippen LogP contribution in [0.1, 0.15) is 49.4 Å². The van der Waals surface area contributed by atoms with Gasteiger partial charge in [0.25, 0.3) is 5.56 Å². The van der Waals surface area contributed by atoms with E-state index in [4.69, 9.17) is 14.2 Å². The minimum atomic E-state index is -0.553. The van der Waals surface area contributed by atoms with Crippen molar-refractivity contribution in [3.05, 3.63) is 43.1 Å². The highest BCUT2D eigenvalue weighted by Crippen LogP contribution is 2.40. The lowest BCUT2D eigenvalue weighted by molar-refractivity contribution is -0.116. The Morgan fingerprint density at radius 3 is 2.69 bits per heavy atom. The molecule has 0 spiro atoms. The van der Waals surface area contributed by atoms with Gasteiger partial charge in [0.2, 0.25) is 5.91 Å². The van der Waals surface area contributed by atoms with Gasteiger partial charge in [-0.3, -0.25) is 14.2 Å². The molecule has 0 bridgehead atoms. The van der Waals surface area contributed by atoms with Crippen molar-refractivity contribution >= 4 is 55.7 Å². The molecule has 0 saturated heterocycles. The molecule has 0 fully saturated rings. The molecule has 0 radical (unpaired) electrons. The largest absolute Gasteiger partial charge is 0.465 e. The molecule has 1 N–H and O–H groups in total. The zero-order valence-corrected chi connectivity index (χ0v) is 22.1. The van der Waals surface area contributed by atoms with Crippen molar-refractivity contribution in [2.75, 3.05) is 32.8 Å². The highest BCUT2D eigenvalue weighted by atomic mass is 32.1. The molecule has 192 valence electrons. The average Bonchev–Trinajstić information content (AvgIpc) is 3.37. The van der Waals surface area contributed by atoms with Gasteiger partial charge in [0.05, 0.1) is 31.0 Å². The maximum absolute atomic E-state index is 13.2. The predicted molar refractivity (Wildman–Crippen MR) is 136 cm³/mol. The number of nitrogens with one attached hydrogen (secondary N) is 1. The second-order valence-corrected chi connectivity index (χ2v) is 10.7. The molecule has 4 rings (SSSR count). The lowest BCUT2D eigenvalue weighted by Gasteiger charge is -2.18. The molecule has 10 nitrogen and oxygen atoms in total. The molecule has 3 heterocycles. The molecular formula is C24H27N3O7S2. The number of aryl methyl sites for hydroxylation is 1. The normalized spacial score (nSPS) is 14.9. The van der Waals surface area contributed by atoms with Crippen molar-refractivity contribution in [2.24, 2.45) is 5.92 Å². The second kappa shape index (κ2) is 10.9. The molecule has 3 aromatic heterocycles. The summed E-state index contributed by atoms with van der Waals surface area (Å²) in [7, 11) is 2.82. The highest BCUT2D eigenvalue weighted by Gasteiger charge is 2.29. The Balaban J connectivity index is 1.57. The first-order chi connectivity index (χ1) is 17.2. The zero-order chi connectivity index (χ0) is 26.0. The predicted octanol–water partition coefficient (Wildman–Crippen LogP) is 3.18. The van der Waals surface area contributed by atoms with Crippen LogP contribution in [0.5, 0.6) is 0 Å². The van der Waals surface area contributed by atoms with Gasteiger partial charge in [-0.25, -0.2) is 14.6 Å². The van der Waals surface area contributed by atoms with Crippen molar-refractivity contribution in [1.82, 2.24) is 9.55 Å².